The van der Waals surface area contributed by atoms with Gasteiger partial charge in [-0.15, -0.1) is 0 Å². The molecule has 0 fully saturated rings. The minimum absolute atomic E-state index is 0.0102. The summed E-state index contributed by atoms with van der Waals surface area (Å²) in [5.41, 5.74) is 0. The number of aliphatic hydroxyl groups is 2. The van der Waals surface area contributed by atoms with Crippen LogP contribution in [0, 0.1) is 0 Å². The molecule has 0 saturated heterocycles. The molecule has 8 heteroatoms. The van der Waals surface area contributed by atoms with Gasteiger partial charge in [-0.2, -0.15) is 0 Å². The van der Waals surface area contributed by atoms with E-state index in [0.717, 1.165) is 0 Å². The van der Waals surface area contributed by atoms with Gasteiger partial charge in [-0.25, -0.2) is 0 Å². The third-order valence-corrected chi connectivity index (χ3v) is 3.16. The zero-order chi connectivity index (χ0) is 30.3. The lowest BCUT2D eigenvalue weighted by molar-refractivity contribution is -0.0269. The summed E-state index contributed by atoms with van der Waals surface area (Å²) in [6.45, 7) is 30.1. The van der Waals surface area contributed by atoms with Gasteiger partial charge in [-0.05, 0) is 20.8 Å². The van der Waals surface area contributed by atoms with Crippen LogP contribution in [0.4, 0.5) is 0 Å². The normalized spacial score (nSPS) is 12.6. The quantitative estimate of drug-likeness (QED) is 0.188. The van der Waals surface area contributed by atoms with Crippen LogP contribution in [0.2, 0.25) is 0 Å². The molecule has 0 heterocycles. The summed E-state index contributed by atoms with van der Waals surface area (Å²) in [7, 11) is 1.64. The molecule has 0 rings (SSSR count). The molecule has 0 aliphatic heterocycles. The lowest BCUT2D eigenvalue weighted by Gasteiger charge is -2.20. The second-order valence-electron chi connectivity index (χ2n) is 7.59. The molecule has 0 amide bonds. The molecule has 0 saturated carbocycles. The average Bonchev–Trinajstić information content (AvgIpc) is 2.90. The SMILES string of the molecule is CC.CC.CC.CCC.CCC.COCCOCC(C)OCC(C)NCC(O)COCCOCC(C)O. The lowest BCUT2D eigenvalue weighted by atomic mass is 10.3. The Bertz CT molecular complexity index is 310. The van der Waals surface area contributed by atoms with E-state index < -0.39 is 12.2 Å². The minimum Gasteiger partial charge on any atom is -0.391 e. The van der Waals surface area contributed by atoms with Crippen molar-refractivity contribution in [1.82, 2.24) is 5.32 Å². The number of hydrogen-bond donors (Lipinski definition) is 3. The van der Waals surface area contributed by atoms with Crippen LogP contribution in [-0.4, -0.2) is 101 Å². The van der Waals surface area contributed by atoms with Crippen LogP contribution in [0.15, 0.2) is 0 Å². The maximum atomic E-state index is 9.85. The van der Waals surface area contributed by atoms with Crippen molar-refractivity contribution in [3.63, 3.8) is 0 Å². The largest absolute Gasteiger partial charge is 0.391 e. The van der Waals surface area contributed by atoms with Gasteiger partial charge < -0.3 is 39.2 Å². The van der Waals surface area contributed by atoms with Crippen LogP contribution >= 0.6 is 0 Å². The Labute approximate surface area is 233 Å². The van der Waals surface area contributed by atoms with E-state index in [-0.39, 0.29) is 18.8 Å². The lowest BCUT2D eigenvalue weighted by Crippen LogP contribution is -2.39. The van der Waals surface area contributed by atoms with Gasteiger partial charge >= 0.3 is 0 Å². The first-order valence-electron chi connectivity index (χ1n) is 14.7. The number of methoxy groups -OCH3 is 1. The summed E-state index contributed by atoms with van der Waals surface area (Å²) in [6.07, 6.45) is 1.45. The van der Waals surface area contributed by atoms with Crippen LogP contribution in [0.1, 0.15) is 103 Å². The molecule has 0 radical (unpaired) electrons. The fourth-order valence-corrected chi connectivity index (χ4v) is 1.79. The van der Waals surface area contributed by atoms with E-state index in [0.29, 0.717) is 52.8 Å². The summed E-state index contributed by atoms with van der Waals surface area (Å²) in [6, 6.07) is 0.116. The third kappa shape index (κ3) is 66.4. The Morgan fingerprint density at radius 3 is 1.46 bits per heavy atom. The van der Waals surface area contributed by atoms with Gasteiger partial charge in [-0.3, -0.25) is 0 Å². The fraction of sp³-hybridized carbons (Fsp3) is 1.00. The topological polar surface area (TPSA) is 98.6 Å². The Balaban J connectivity index is -0.000000171. The predicted octanol–water partition coefficient (Wildman–Crippen LogP) is 5.72. The van der Waals surface area contributed by atoms with Crippen molar-refractivity contribution in [3.05, 3.63) is 0 Å². The van der Waals surface area contributed by atoms with Gasteiger partial charge in [0, 0.05) is 19.7 Å². The summed E-state index contributed by atoms with van der Waals surface area (Å²) >= 11 is 0. The van der Waals surface area contributed by atoms with E-state index in [1.165, 1.54) is 12.8 Å². The zero-order valence-corrected chi connectivity index (χ0v) is 27.5. The van der Waals surface area contributed by atoms with Crippen molar-refractivity contribution in [2.24, 2.45) is 0 Å². The number of nitrogens with one attached hydrogen (secondary N) is 1. The van der Waals surface area contributed by atoms with Gasteiger partial charge in [0.15, 0.2) is 0 Å². The van der Waals surface area contributed by atoms with Gasteiger partial charge in [0.25, 0.3) is 0 Å². The highest BCUT2D eigenvalue weighted by molar-refractivity contribution is 4.65. The Kier molecular flexibility index (Phi) is 70.0. The molecule has 0 aromatic rings. The van der Waals surface area contributed by atoms with Crippen molar-refractivity contribution in [2.75, 3.05) is 66.5 Å². The highest BCUT2D eigenvalue weighted by Crippen LogP contribution is 1.95. The Morgan fingerprint density at radius 2 is 1.03 bits per heavy atom. The van der Waals surface area contributed by atoms with Crippen molar-refractivity contribution >= 4 is 0 Å². The molecule has 0 aliphatic rings. The van der Waals surface area contributed by atoms with Crippen LogP contribution in [-0.2, 0) is 23.7 Å². The summed E-state index contributed by atoms with van der Waals surface area (Å²) in [4.78, 5) is 0. The highest BCUT2D eigenvalue weighted by Gasteiger charge is 2.10. The van der Waals surface area contributed by atoms with Crippen molar-refractivity contribution in [3.8, 4) is 0 Å². The van der Waals surface area contributed by atoms with Crippen LogP contribution < -0.4 is 5.32 Å². The molecule has 0 aromatic heterocycles. The van der Waals surface area contributed by atoms with Crippen molar-refractivity contribution in [1.29, 1.82) is 0 Å². The molecular formula is C29H71NO7. The molecule has 3 N–H and O–H groups in total. The van der Waals surface area contributed by atoms with Crippen LogP contribution in [0.5, 0.6) is 0 Å². The third-order valence-electron chi connectivity index (χ3n) is 3.16. The van der Waals surface area contributed by atoms with Crippen molar-refractivity contribution in [2.45, 2.75) is 127 Å². The van der Waals surface area contributed by atoms with E-state index in [1.807, 2.05) is 55.4 Å². The van der Waals surface area contributed by atoms with Gasteiger partial charge in [0.1, 0.15) is 0 Å². The molecule has 0 aliphatic carbocycles. The number of aliphatic hydroxyl groups excluding tert-OH is 2. The summed E-state index contributed by atoms with van der Waals surface area (Å²) in [5.74, 6) is 0. The van der Waals surface area contributed by atoms with Crippen LogP contribution in [0.3, 0.4) is 0 Å². The molecule has 37 heavy (non-hydrogen) atoms. The maximum Gasteiger partial charge on any atom is 0.0897 e. The number of ether oxygens (including phenoxy) is 5. The van der Waals surface area contributed by atoms with Crippen molar-refractivity contribution < 1.29 is 33.9 Å². The minimum atomic E-state index is -0.589. The second kappa shape index (κ2) is 52.2. The molecule has 4 unspecified atom stereocenters. The Hall–Kier alpha value is -0.320. The first-order valence-corrected chi connectivity index (χ1v) is 14.7. The second-order valence-corrected chi connectivity index (χ2v) is 7.59. The van der Waals surface area contributed by atoms with Crippen LogP contribution in [0.25, 0.3) is 0 Å². The molecule has 4 atom stereocenters. The molecular weight excluding hydrogens is 474 g/mol. The molecule has 0 spiro atoms. The smallest absolute Gasteiger partial charge is 0.0897 e. The van der Waals surface area contributed by atoms with E-state index in [1.54, 1.807) is 14.0 Å². The van der Waals surface area contributed by atoms with Gasteiger partial charge in [-0.1, -0.05) is 82.1 Å². The Morgan fingerprint density at radius 1 is 0.622 bits per heavy atom. The monoisotopic (exact) mass is 546 g/mol. The van der Waals surface area contributed by atoms with E-state index in [9.17, 15) is 5.11 Å². The maximum absolute atomic E-state index is 9.85. The average molecular weight is 546 g/mol. The zero-order valence-electron chi connectivity index (χ0n) is 27.5. The molecule has 234 valence electrons. The number of rotatable bonds is 18. The van der Waals surface area contributed by atoms with E-state index in [4.69, 9.17) is 28.8 Å². The number of hydrogen-bond acceptors (Lipinski definition) is 8. The fourth-order valence-electron chi connectivity index (χ4n) is 1.79. The predicted molar refractivity (Wildman–Crippen MR) is 161 cm³/mol. The standard InChI is InChI=1S/C17H37NO7.2C3H8.3C2H6/c1-14(10-25-16(3)12-23-6-5-21-4)18-9-17(20)13-24-8-7-22-11-15(2)19;2*1-3-2;3*1-2/h14-20H,5-13H2,1-4H3;2*3H2,1-2H3;3*1-2H3. The first-order chi connectivity index (χ1) is 17.8. The van der Waals surface area contributed by atoms with E-state index in [2.05, 4.69) is 33.0 Å². The molecule has 0 bridgehead atoms. The first kappa shape index (κ1) is 49.6. The van der Waals surface area contributed by atoms with E-state index >= 15 is 0 Å². The van der Waals surface area contributed by atoms with Gasteiger partial charge in [0.05, 0.1) is 71.2 Å². The highest BCUT2D eigenvalue weighted by atomic mass is 16.5. The summed E-state index contributed by atoms with van der Waals surface area (Å²) < 4.78 is 26.5. The molecule has 0 aromatic carbocycles. The van der Waals surface area contributed by atoms with Gasteiger partial charge in [0.2, 0.25) is 0 Å². The molecule has 8 nitrogen and oxygen atoms in total. The summed E-state index contributed by atoms with van der Waals surface area (Å²) in [5, 5.41) is 22.1.